The minimum absolute atomic E-state index is 0.0348. The minimum Gasteiger partial charge on any atom is -0.382 e. The van der Waals surface area contributed by atoms with E-state index in [-0.39, 0.29) is 43.8 Å². The van der Waals surface area contributed by atoms with Crippen molar-refractivity contribution in [2.24, 2.45) is 0 Å². The molecule has 0 unspecified atom stereocenters. The summed E-state index contributed by atoms with van der Waals surface area (Å²) in [6.45, 7) is 1.95. The van der Waals surface area contributed by atoms with E-state index >= 15 is 0 Å². The Balaban J connectivity index is 2.29. The number of rotatable bonds is 3. The van der Waals surface area contributed by atoms with Crippen LogP contribution in [-0.4, -0.2) is 28.7 Å². The summed E-state index contributed by atoms with van der Waals surface area (Å²) in [7, 11) is 0. The fourth-order valence-electron chi connectivity index (χ4n) is 2.42. The lowest BCUT2D eigenvalue weighted by molar-refractivity contribution is 0.628. The summed E-state index contributed by atoms with van der Waals surface area (Å²) in [4.78, 5) is 23.4. The molecule has 0 aliphatic carbocycles. The minimum atomic E-state index is -0.695. The molecular formula is C15H13ClFN5O2S. The molecule has 10 heteroatoms. The zero-order valence-corrected chi connectivity index (χ0v) is 14.6. The molecule has 1 aromatic carbocycles. The van der Waals surface area contributed by atoms with E-state index in [2.05, 4.69) is 15.0 Å². The molecule has 0 aliphatic heterocycles. The number of aryl methyl sites for hydroxylation is 1. The number of hydrogen-bond donors (Lipinski definition) is 2. The number of anilines is 1. The number of H-pyrrole nitrogens is 1. The quantitative estimate of drug-likeness (QED) is 0.671. The van der Waals surface area contributed by atoms with Gasteiger partial charge in [-0.15, -0.1) is 0 Å². The normalized spacial score (nSPS) is 11.0. The van der Waals surface area contributed by atoms with Crippen LogP contribution >= 0.6 is 11.6 Å². The molecule has 0 radical (unpaired) electrons. The third-order valence-electron chi connectivity index (χ3n) is 3.53. The van der Waals surface area contributed by atoms with Gasteiger partial charge in [0, 0.05) is 12.0 Å². The van der Waals surface area contributed by atoms with Crippen LogP contribution in [0.25, 0.3) is 11.2 Å². The molecule has 0 saturated carbocycles. The first-order chi connectivity index (χ1) is 12.0. The molecule has 7 nitrogen and oxygen atoms in total. The first kappa shape index (κ1) is 17.3. The summed E-state index contributed by atoms with van der Waals surface area (Å²) in [6.07, 6.45) is 1.35. The Bertz CT molecular complexity index is 1090. The van der Waals surface area contributed by atoms with E-state index in [0.717, 1.165) is 17.1 Å². The van der Waals surface area contributed by atoms with Crippen molar-refractivity contribution in [3.63, 3.8) is 0 Å². The molecule has 130 valence electrons. The smallest absolute Gasteiger partial charge is 0.333 e. The number of halogens is 2. The van der Waals surface area contributed by atoms with Crippen LogP contribution in [0.3, 0.4) is 0 Å². The molecule has 0 amide bonds. The average molecular weight is 382 g/mol. The van der Waals surface area contributed by atoms with Gasteiger partial charge in [-0.2, -0.15) is 0 Å². The Kier molecular flexibility index (Phi) is 4.69. The molecule has 0 atom stereocenters. The average Bonchev–Trinajstić information content (AvgIpc) is 2.89. The third-order valence-corrected chi connectivity index (χ3v) is 4.42. The summed E-state index contributed by atoms with van der Waals surface area (Å²) in [5.41, 5.74) is 5.89. The van der Waals surface area contributed by atoms with Gasteiger partial charge in [0.1, 0.15) is 28.4 Å². The second-order valence-corrected chi connectivity index (χ2v) is 6.22. The van der Waals surface area contributed by atoms with Gasteiger partial charge in [0.2, 0.25) is 0 Å². The van der Waals surface area contributed by atoms with Crippen molar-refractivity contribution in [1.29, 1.82) is 0 Å². The number of nitrogens with zero attached hydrogens (tertiary/aromatic N) is 3. The Labute approximate surface area is 149 Å². The summed E-state index contributed by atoms with van der Waals surface area (Å²) in [5, 5.41) is -0.0814. The standard InChI is InChI=1S/C15H13ClFN5O2S/c1-2-3-10-19-12(18)11-13(20-10)22(15(23)21-11)14(25-24)7-4-5-8(16)9(17)6-7/h4-6H,2-3H2,1H3,(H,21,23)(H2,18,19,20). The van der Waals surface area contributed by atoms with Crippen molar-refractivity contribution in [3.8, 4) is 0 Å². The lowest BCUT2D eigenvalue weighted by Gasteiger charge is -2.07. The van der Waals surface area contributed by atoms with Crippen LogP contribution in [0, 0.1) is 5.82 Å². The molecule has 3 aromatic rings. The molecule has 0 spiro atoms. The number of aromatic nitrogens is 4. The molecule has 3 rings (SSSR count). The van der Waals surface area contributed by atoms with Gasteiger partial charge in [0.05, 0.1) is 5.02 Å². The topological polar surface area (TPSA) is 107 Å². The fourth-order valence-corrected chi connectivity index (χ4v) is 3.01. The van der Waals surface area contributed by atoms with Crippen molar-refractivity contribution in [3.05, 3.63) is 50.9 Å². The van der Waals surface area contributed by atoms with Gasteiger partial charge in [0.25, 0.3) is 0 Å². The second kappa shape index (κ2) is 6.77. The fraction of sp³-hybridized carbons (Fsp3) is 0.200. The summed E-state index contributed by atoms with van der Waals surface area (Å²) in [5.74, 6) is -0.126. The highest BCUT2D eigenvalue weighted by atomic mass is 35.5. The maximum atomic E-state index is 13.8. The summed E-state index contributed by atoms with van der Waals surface area (Å²) < 4.78 is 26.5. The van der Waals surface area contributed by atoms with Gasteiger partial charge in [0.15, 0.2) is 16.5 Å². The Morgan fingerprint density at radius 3 is 2.84 bits per heavy atom. The molecule has 2 heterocycles. The first-order valence-electron chi connectivity index (χ1n) is 7.36. The predicted molar refractivity (Wildman–Crippen MR) is 95.6 cm³/mol. The van der Waals surface area contributed by atoms with E-state index in [4.69, 9.17) is 17.3 Å². The molecule has 2 aromatic heterocycles. The molecule has 0 aliphatic rings. The zero-order chi connectivity index (χ0) is 18.1. The van der Waals surface area contributed by atoms with Crippen molar-refractivity contribution < 1.29 is 8.60 Å². The van der Waals surface area contributed by atoms with Crippen LogP contribution < -0.4 is 11.4 Å². The van der Waals surface area contributed by atoms with Gasteiger partial charge >= 0.3 is 5.69 Å². The van der Waals surface area contributed by atoms with Crippen LogP contribution in [0.5, 0.6) is 0 Å². The number of aromatic amines is 1. The number of hydrogen-bond acceptors (Lipinski definition) is 5. The van der Waals surface area contributed by atoms with Crippen LogP contribution in [0.1, 0.15) is 24.7 Å². The van der Waals surface area contributed by atoms with E-state index in [1.807, 2.05) is 6.92 Å². The van der Waals surface area contributed by atoms with Crippen LogP contribution in [0.4, 0.5) is 10.2 Å². The molecular weight excluding hydrogens is 369 g/mol. The van der Waals surface area contributed by atoms with Crippen LogP contribution in [0.15, 0.2) is 23.0 Å². The SMILES string of the molecule is CCCc1nc(N)c2[nH]c(=O)n(C(=S=O)c3ccc(Cl)c(F)c3)c2n1. The molecule has 0 fully saturated rings. The number of imidazole rings is 1. The lowest BCUT2D eigenvalue weighted by Crippen LogP contribution is -2.26. The van der Waals surface area contributed by atoms with Gasteiger partial charge in [-0.25, -0.2) is 27.9 Å². The van der Waals surface area contributed by atoms with Gasteiger partial charge in [-0.1, -0.05) is 24.6 Å². The summed E-state index contributed by atoms with van der Waals surface area (Å²) >= 11 is 5.72. The molecule has 0 saturated heterocycles. The highest BCUT2D eigenvalue weighted by Gasteiger charge is 2.19. The van der Waals surface area contributed by atoms with Gasteiger partial charge in [-0.05, 0) is 18.6 Å². The molecule has 3 N–H and O–H groups in total. The van der Waals surface area contributed by atoms with Crippen molar-refractivity contribution in [1.82, 2.24) is 19.5 Å². The zero-order valence-electron chi connectivity index (χ0n) is 13.0. The number of nitrogens with two attached hydrogens (primary N) is 1. The van der Waals surface area contributed by atoms with Gasteiger partial charge < -0.3 is 10.7 Å². The molecule has 0 bridgehead atoms. The Morgan fingerprint density at radius 2 is 2.20 bits per heavy atom. The second-order valence-electron chi connectivity index (χ2n) is 5.26. The maximum absolute atomic E-state index is 13.8. The highest BCUT2D eigenvalue weighted by molar-refractivity contribution is 7.67. The van der Waals surface area contributed by atoms with E-state index in [0.29, 0.717) is 12.2 Å². The number of nitrogens with one attached hydrogen (secondary N) is 1. The number of nitrogen functional groups attached to an aromatic ring is 1. The predicted octanol–water partition coefficient (Wildman–Crippen LogP) is 1.69. The van der Waals surface area contributed by atoms with Gasteiger partial charge in [-0.3, -0.25) is 0 Å². The van der Waals surface area contributed by atoms with Crippen molar-refractivity contribution >= 4 is 44.8 Å². The van der Waals surface area contributed by atoms with E-state index < -0.39 is 11.5 Å². The van der Waals surface area contributed by atoms with E-state index in [1.54, 1.807) is 0 Å². The Hall–Kier alpha value is -2.52. The van der Waals surface area contributed by atoms with Crippen LogP contribution in [0.2, 0.25) is 5.02 Å². The van der Waals surface area contributed by atoms with E-state index in [1.165, 1.54) is 12.1 Å². The summed E-state index contributed by atoms with van der Waals surface area (Å²) in [6, 6.07) is 3.86. The molecule has 25 heavy (non-hydrogen) atoms. The number of benzene rings is 1. The maximum Gasteiger partial charge on any atom is 0.333 e. The Morgan fingerprint density at radius 1 is 1.44 bits per heavy atom. The third kappa shape index (κ3) is 3.08. The first-order valence-corrected chi connectivity index (χ1v) is 8.48. The van der Waals surface area contributed by atoms with E-state index in [9.17, 15) is 13.4 Å². The highest BCUT2D eigenvalue weighted by Crippen LogP contribution is 2.19. The lowest BCUT2D eigenvalue weighted by atomic mass is 10.2. The monoisotopic (exact) mass is 381 g/mol. The largest absolute Gasteiger partial charge is 0.382 e. The van der Waals surface area contributed by atoms with Crippen molar-refractivity contribution in [2.75, 3.05) is 5.73 Å². The van der Waals surface area contributed by atoms with Crippen LogP contribution in [-0.2, 0) is 17.7 Å². The van der Waals surface area contributed by atoms with Crippen molar-refractivity contribution in [2.45, 2.75) is 19.8 Å². The number of fused-ring (bicyclic) bond motifs is 1.